The van der Waals surface area contributed by atoms with Crippen LogP contribution in [0.5, 0.6) is 0 Å². The number of hydrogen-bond acceptors (Lipinski definition) is 4. The zero-order valence-corrected chi connectivity index (χ0v) is 10.7. The van der Waals surface area contributed by atoms with E-state index in [2.05, 4.69) is 4.98 Å². The Bertz CT molecular complexity index is 516. The van der Waals surface area contributed by atoms with Gasteiger partial charge in [0.1, 0.15) is 0 Å². The Kier molecular flexibility index (Phi) is 5.35. The highest BCUT2D eigenvalue weighted by atomic mass is 16.5. The second-order valence-electron chi connectivity index (χ2n) is 4.01. The molecule has 1 N–H and O–H groups in total. The Balaban J connectivity index is 2.54. The number of aromatic amines is 1. The molecule has 1 aromatic heterocycles. The molecule has 0 unspecified atom stereocenters. The molecule has 0 saturated heterocycles. The minimum Gasteiger partial charge on any atom is -0.466 e. The Morgan fingerprint density at radius 2 is 2.11 bits per heavy atom. The van der Waals surface area contributed by atoms with Gasteiger partial charge in [-0.15, -0.1) is 0 Å². The summed E-state index contributed by atoms with van der Waals surface area (Å²) in [7, 11) is 0. The highest BCUT2D eigenvalue weighted by Gasteiger charge is 2.02. The van der Waals surface area contributed by atoms with E-state index in [9.17, 15) is 14.4 Å². The van der Waals surface area contributed by atoms with Crippen molar-refractivity contribution < 1.29 is 9.53 Å². The molecule has 0 atom stereocenters. The molecule has 0 aliphatic carbocycles. The van der Waals surface area contributed by atoms with Gasteiger partial charge in [-0.25, -0.2) is 4.79 Å². The summed E-state index contributed by atoms with van der Waals surface area (Å²) in [6.07, 6.45) is 3.57. The first-order valence-corrected chi connectivity index (χ1v) is 6.00. The molecule has 100 valence electrons. The summed E-state index contributed by atoms with van der Waals surface area (Å²) in [6.45, 7) is 4.08. The third-order valence-electron chi connectivity index (χ3n) is 2.56. The lowest BCUT2D eigenvalue weighted by Gasteiger charge is -2.06. The van der Waals surface area contributed by atoms with Crippen LogP contribution in [-0.2, 0) is 22.5 Å². The van der Waals surface area contributed by atoms with Crippen molar-refractivity contribution >= 4 is 5.97 Å². The highest BCUT2D eigenvalue weighted by Crippen LogP contribution is 1.95. The van der Waals surface area contributed by atoms with Gasteiger partial charge in [0.15, 0.2) is 0 Å². The van der Waals surface area contributed by atoms with E-state index in [1.54, 1.807) is 6.20 Å². The maximum atomic E-state index is 11.5. The number of hydrogen-bond donors (Lipinski definition) is 1. The van der Waals surface area contributed by atoms with Crippen LogP contribution in [0.25, 0.3) is 0 Å². The first-order chi connectivity index (χ1) is 8.54. The molecule has 1 rings (SSSR count). The number of carbonyl (C=O) groups is 1. The van der Waals surface area contributed by atoms with Crippen molar-refractivity contribution in [2.45, 2.75) is 39.7 Å². The minimum atomic E-state index is -0.398. The van der Waals surface area contributed by atoms with Crippen LogP contribution in [0.3, 0.4) is 0 Å². The van der Waals surface area contributed by atoms with Gasteiger partial charge in [0.05, 0.1) is 6.61 Å². The Morgan fingerprint density at radius 1 is 1.39 bits per heavy atom. The third-order valence-corrected chi connectivity index (χ3v) is 2.56. The topological polar surface area (TPSA) is 81.2 Å². The van der Waals surface area contributed by atoms with Gasteiger partial charge in [0, 0.05) is 25.2 Å². The van der Waals surface area contributed by atoms with E-state index in [4.69, 9.17) is 4.74 Å². The van der Waals surface area contributed by atoms with Gasteiger partial charge in [-0.05, 0) is 19.3 Å². The molecule has 6 nitrogen and oxygen atoms in total. The first-order valence-electron chi connectivity index (χ1n) is 6.00. The fourth-order valence-corrected chi connectivity index (χ4v) is 1.57. The van der Waals surface area contributed by atoms with Crippen LogP contribution in [0.1, 0.15) is 32.3 Å². The lowest BCUT2D eigenvalue weighted by Crippen LogP contribution is -2.31. The van der Waals surface area contributed by atoms with Gasteiger partial charge >= 0.3 is 11.7 Å². The molecule has 0 bridgehead atoms. The summed E-state index contributed by atoms with van der Waals surface area (Å²) in [5.41, 5.74) is -0.127. The van der Waals surface area contributed by atoms with E-state index in [1.807, 2.05) is 6.92 Å². The maximum absolute atomic E-state index is 11.5. The number of esters is 1. The number of H-pyrrole nitrogens is 1. The van der Waals surface area contributed by atoms with Gasteiger partial charge in [-0.2, -0.15) is 0 Å². The van der Waals surface area contributed by atoms with Crippen LogP contribution in [0.2, 0.25) is 0 Å². The van der Waals surface area contributed by atoms with Crippen LogP contribution in [0.4, 0.5) is 0 Å². The van der Waals surface area contributed by atoms with Crippen molar-refractivity contribution in [1.82, 2.24) is 9.55 Å². The lowest BCUT2D eigenvalue weighted by atomic mass is 10.2. The predicted molar refractivity (Wildman–Crippen MR) is 66.6 cm³/mol. The van der Waals surface area contributed by atoms with Crippen molar-refractivity contribution in [3.05, 3.63) is 32.6 Å². The van der Waals surface area contributed by atoms with Crippen LogP contribution in [0.15, 0.2) is 15.8 Å². The molecule has 0 aromatic carbocycles. The molecule has 0 saturated carbocycles. The summed E-state index contributed by atoms with van der Waals surface area (Å²) in [5, 5.41) is 0. The van der Waals surface area contributed by atoms with Gasteiger partial charge in [0.2, 0.25) is 0 Å². The monoisotopic (exact) mass is 254 g/mol. The fraction of sp³-hybridized carbons (Fsp3) is 0.583. The number of rotatable bonds is 6. The van der Waals surface area contributed by atoms with E-state index < -0.39 is 5.69 Å². The molecule has 0 aliphatic rings. The number of aromatic nitrogens is 2. The number of carbonyl (C=O) groups excluding carboxylic acids is 1. The van der Waals surface area contributed by atoms with E-state index in [-0.39, 0.29) is 11.5 Å². The molecule has 6 heteroatoms. The Morgan fingerprint density at radius 3 is 2.72 bits per heavy atom. The second kappa shape index (κ2) is 6.78. The van der Waals surface area contributed by atoms with E-state index in [0.29, 0.717) is 38.0 Å². The van der Waals surface area contributed by atoms with Gasteiger partial charge < -0.3 is 9.30 Å². The maximum Gasteiger partial charge on any atom is 0.328 e. The van der Waals surface area contributed by atoms with E-state index in [0.717, 1.165) is 0 Å². The zero-order chi connectivity index (χ0) is 13.5. The second-order valence-corrected chi connectivity index (χ2v) is 4.01. The molecular weight excluding hydrogens is 236 g/mol. The number of aryl methyl sites for hydroxylation is 2. The lowest BCUT2D eigenvalue weighted by molar-refractivity contribution is -0.141. The predicted octanol–water partition coefficient (Wildman–Crippen LogP) is 0.442. The number of nitrogens with zero attached hydrogens (tertiary/aromatic N) is 1. The van der Waals surface area contributed by atoms with Crippen molar-refractivity contribution in [3.8, 4) is 0 Å². The molecule has 1 aromatic rings. The van der Waals surface area contributed by atoms with Crippen LogP contribution in [-0.4, -0.2) is 22.1 Å². The molecule has 0 spiro atoms. The van der Waals surface area contributed by atoms with Gasteiger partial charge in [-0.3, -0.25) is 14.6 Å². The van der Waals surface area contributed by atoms with Gasteiger partial charge in [0.25, 0.3) is 5.56 Å². The van der Waals surface area contributed by atoms with Crippen LogP contribution >= 0.6 is 0 Å². The standard InChI is InChI=1S/C12H18N2O4/c1-3-10-8-14(12(17)13-11(10)16)6-4-5-7-18-9(2)15/h8H,3-7H2,1-2H3,(H,13,16,17). The molecule has 0 fully saturated rings. The zero-order valence-electron chi connectivity index (χ0n) is 10.7. The summed E-state index contributed by atoms with van der Waals surface area (Å²) in [4.78, 5) is 35.7. The number of nitrogens with one attached hydrogen (secondary N) is 1. The van der Waals surface area contributed by atoms with Gasteiger partial charge in [-0.1, -0.05) is 6.92 Å². The third kappa shape index (κ3) is 4.20. The number of unbranched alkanes of at least 4 members (excludes halogenated alkanes) is 1. The molecule has 0 radical (unpaired) electrons. The smallest absolute Gasteiger partial charge is 0.328 e. The molecule has 18 heavy (non-hydrogen) atoms. The van der Waals surface area contributed by atoms with Crippen molar-refractivity contribution in [2.24, 2.45) is 0 Å². The highest BCUT2D eigenvalue weighted by molar-refractivity contribution is 5.65. The van der Waals surface area contributed by atoms with Crippen LogP contribution < -0.4 is 11.2 Å². The molecular formula is C12H18N2O4. The summed E-state index contributed by atoms with van der Waals surface area (Å²) >= 11 is 0. The largest absolute Gasteiger partial charge is 0.466 e. The summed E-state index contributed by atoms with van der Waals surface area (Å²) < 4.78 is 6.27. The first kappa shape index (κ1) is 14.2. The molecule has 0 aliphatic heterocycles. The van der Waals surface area contributed by atoms with Crippen molar-refractivity contribution in [2.75, 3.05) is 6.61 Å². The summed E-state index contributed by atoms with van der Waals surface area (Å²) in [5.74, 6) is -0.301. The Hall–Kier alpha value is -1.85. The minimum absolute atomic E-state index is 0.301. The molecule has 1 heterocycles. The normalized spacial score (nSPS) is 10.3. The van der Waals surface area contributed by atoms with E-state index in [1.165, 1.54) is 11.5 Å². The van der Waals surface area contributed by atoms with Crippen molar-refractivity contribution in [1.29, 1.82) is 0 Å². The SMILES string of the molecule is CCc1cn(CCCCOC(C)=O)c(=O)[nH]c1=O. The fourth-order valence-electron chi connectivity index (χ4n) is 1.57. The Labute approximate surface area is 105 Å². The van der Waals surface area contributed by atoms with Crippen LogP contribution in [0, 0.1) is 0 Å². The summed E-state index contributed by atoms with van der Waals surface area (Å²) in [6, 6.07) is 0. The van der Waals surface area contributed by atoms with Crippen molar-refractivity contribution in [3.63, 3.8) is 0 Å². The average molecular weight is 254 g/mol. The van der Waals surface area contributed by atoms with E-state index >= 15 is 0 Å². The average Bonchev–Trinajstić information content (AvgIpc) is 2.30. The quantitative estimate of drug-likeness (QED) is 0.590. The molecule has 0 amide bonds. The number of ether oxygens (including phenoxy) is 1.